The van der Waals surface area contributed by atoms with Crippen molar-refractivity contribution < 1.29 is 13.2 Å². The summed E-state index contributed by atoms with van der Waals surface area (Å²) in [5.74, 6) is 0.488. The molecule has 1 N–H and O–H groups in total. The van der Waals surface area contributed by atoms with Crippen LogP contribution < -0.4 is 10.3 Å². The van der Waals surface area contributed by atoms with Crippen molar-refractivity contribution in [3.05, 3.63) is 70.1 Å². The van der Waals surface area contributed by atoms with Crippen LogP contribution in [0.25, 0.3) is 0 Å². The van der Waals surface area contributed by atoms with Crippen molar-refractivity contribution in [2.24, 2.45) is 10.2 Å². The van der Waals surface area contributed by atoms with Crippen molar-refractivity contribution in [1.82, 2.24) is 9.19 Å². The summed E-state index contributed by atoms with van der Waals surface area (Å²) in [6.07, 6.45) is 0. The lowest BCUT2D eigenvalue weighted by Gasteiger charge is -2.04. The van der Waals surface area contributed by atoms with E-state index in [2.05, 4.69) is 15.3 Å². The number of nitrogens with zero attached hydrogens (tertiary/aromatic N) is 3. The summed E-state index contributed by atoms with van der Waals surface area (Å²) >= 11 is 0. The first-order valence-electron chi connectivity index (χ1n) is 8.03. The first-order chi connectivity index (χ1) is 12.8. The van der Waals surface area contributed by atoms with Crippen molar-refractivity contribution in [3.8, 4) is 5.75 Å². The van der Waals surface area contributed by atoms with E-state index in [9.17, 15) is 13.2 Å². The van der Waals surface area contributed by atoms with Gasteiger partial charge in [-0.1, -0.05) is 29.8 Å². The highest BCUT2D eigenvalue weighted by atomic mass is 32.2. The Morgan fingerprint density at radius 2 is 1.67 bits per heavy atom. The maximum Gasteiger partial charge on any atom is 0.309 e. The number of aromatic amines is 1. The molecule has 0 atom stereocenters. The largest absolute Gasteiger partial charge is 0.494 e. The average Bonchev–Trinajstić information content (AvgIpc) is 2.95. The van der Waals surface area contributed by atoms with Crippen molar-refractivity contribution >= 4 is 21.4 Å². The summed E-state index contributed by atoms with van der Waals surface area (Å²) in [5, 5.41) is 10.5. The highest BCUT2D eigenvalue weighted by Crippen LogP contribution is 2.28. The number of ether oxygens (including phenoxy) is 1. The minimum Gasteiger partial charge on any atom is -0.494 e. The molecule has 1 aromatic heterocycles. The zero-order valence-electron chi connectivity index (χ0n) is 15.0. The van der Waals surface area contributed by atoms with Crippen molar-refractivity contribution in [2.45, 2.75) is 18.7 Å². The van der Waals surface area contributed by atoms with Crippen LogP contribution in [0.1, 0.15) is 11.3 Å². The fourth-order valence-electron chi connectivity index (χ4n) is 2.43. The Morgan fingerprint density at radius 1 is 1.00 bits per heavy atom. The number of methoxy groups -OCH3 is 1. The van der Waals surface area contributed by atoms with E-state index in [0.717, 1.165) is 5.56 Å². The van der Waals surface area contributed by atoms with Crippen LogP contribution in [0, 0.1) is 13.8 Å². The Kier molecular flexibility index (Phi) is 4.95. The molecule has 9 heteroatoms. The molecule has 27 heavy (non-hydrogen) atoms. The molecular formula is C18H18N4O4S. The van der Waals surface area contributed by atoms with E-state index in [0.29, 0.717) is 15.5 Å². The number of aryl methyl sites for hydroxylation is 2. The quantitative estimate of drug-likeness (QED) is 0.678. The van der Waals surface area contributed by atoms with Crippen LogP contribution in [0.5, 0.6) is 5.75 Å². The van der Waals surface area contributed by atoms with Gasteiger partial charge >= 0.3 is 5.56 Å². The summed E-state index contributed by atoms with van der Waals surface area (Å²) in [4.78, 5) is 12.6. The Morgan fingerprint density at radius 3 is 2.33 bits per heavy atom. The van der Waals surface area contributed by atoms with Gasteiger partial charge in [-0.15, -0.1) is 14.3 Å². The predicted octanol–water partition coefficient (Wildman–Crippen LogP) is 3.45. The second kappa shape index (κ2) is 7.20. The molecule has 1 heterocycles. The van der Waals surface area contributed by atoms with Crippen LogP contribution in [0.15, 0.2) is 68.4 Å². The fraction of sp³-hybridized carbons (Fsp3) is 0.167. The van der Waals surface area contributed by atoms with Gasteiger partial charge in [-0.05, 0) is 38.1 Å². The molecule has 0 aliphatic heterocycles. The number of H-pyrrole nitrogens is 1. The van der Waals surface area contributed by atoms with Gasteiger partial charge in [-0.25, -0.2) is 0 Å². The lowest BCUT2D eigenvalue weighted by atomic mass is 10.2. The fourth-order valence-corrected chi connectivity index (χ4v) is 3.68. The molecule has 3 aromatic rings. The highest BCUT2D eigenvalue weighted by molar-refractivity contribution is 7.89. The van der Waals surface area contributed by atoms with E-state index in [1.54, 1.807) is 43.3 Å². The molecule has 8 nitrogen and oxygen atoms in total. The Bertz CT molecular complexity index is 1160. The zero-order valence-corrected chi connectivity index (χ0v) is 15.8. The molecular weight excluding hydrogens is 368 g/mol. The summed E-state index contributed by atoms with van der Waals surface area (Å²) in [5.41, 5.74) is 0.737. The van der Waals surface area contributed by atoms with E-state index < -0.39 is 15.6 Å². The molecule has 2 aromatic carbocycles. The van der Waals surface area contributed by atoms with Crippen LogP contribution in [-0.2, 0) is 10.0 Å². The van der Waals surface area contributed by atoms with Gasteiger partial charge in [0.2, 0.25) is 0 Å². The van der Waals surface area contributed by atoms with Crippen molar-refractivity contribution in [3.63, 3.8) is 0 Å². The van der Waals surface area contributed by atoms with Gasteiger partial charge < -0.3 is 4.74 Å². The maximum absolute atomic E-state index is 12.7. The SMILES string of the molecule is COc1ccccc1N=Nc1c(C)[nH]n(S(=O)(=O)c2ccc(C)cc2)c1=O. The van der Waals surface area contributed by atoms with Crippen LogP contribution in [0.3, 0.4) is 0 Å². The third-order valence-corrected chi connectivity index (χ3v) is 5.52. The predicted molar refractivity (Wildman–Crippen MR) is 101 cm³/mol. The summed E-state index contributed by atoms with van der Waals surface area (Å²) in [7, 11) is -2.56. The second-order valence-electron chi connectivity index (χ2n) is 5.84. The smallest absolute Gasteiger partial charge is 0.309 e. The van der Waals surface area contributed by atoms with Crippen LogP contribution in [-0.4, -0.2) is 24.7 Å². The molecule has 0 bridgehead atoms. The Hall–Kier alpha value is -3.20. The van der Waals surface area contributed by atoms with Crippen molar-refractivity contribution in [2.75, 3.05) is 7.11 Å². The third-order valence-electron chi connectivity index (χ3n) is 3.91. The standard InChI is InChI=1S/C18H18N4O4S/c1-12-8-10-14(11-9-12)27(24,25)22-18(23)17(13(2)21-22)20-19-15-6-4-5-7-16(15)26-3/h4-11,21H,1-3H3. The minimum atomic E-state index is -4.06. The van der Waals surface area contributed by atoms with Gasteiger partial charge in [-0.2, -0.15) is 8.42 Å². The number of hydrogen-bond acceptors (Lipinski definition) is 6. The monoisotopic (exact) mass is 386 g/mol. The molecule has 140 valence electrons. The number of rotatable bonds is 5. The number of azo groups is 1. The molecule has 0 aliphatic carbocycles. The summed E-state index contributed by atoms with van der Waals surface area (Å²) < 4.78 is 31.2. The first-order valence-corrected chi connectivity index (χ1v) is 9.47. The van der Waals surface area contributed by atoms with E-state index >= 15 is 0 Å². The molecule has 0 radical (unpaired) electrons. The van der Waals surface area contributed by atoms with Crippen LogP contribution in [0.4, 0.5) is 11.4 Å². The number of benzene rings is 2. The molecule has 0 saturated carbocycles. The average molecular weight is 386 g/mol. The summed E-state index contributed by atoms with van der Waals surface area (Å²) in [6.45, 7) is 3.40. The highest BCUT2D eigenvalue weighted by Gasteiger charge is 2.23. The van der Waals surface area contributed by atoms with Crippen LogP contribution >= 0.6 is 0 Å². The number of nitrogens with one attached hydrogen (secondary N) is 1. The van der Waals surface area contributed by atoms with Gasteiger partial charge in [-0.3, -0.25) is 9.89 Å². The topological polar surface area (TPSA) is 106 Å². The number of hydrogen-bond donors (Lipinski definition) is 1. The molecule has 0 aliphatic rings. The van der Waals surface area contributed by atoms with Gasteiger partial charge in [0.25, 0.3) is 10.0 Å². The number of aromatic nitrogens is 2. The minimum absolute atomic E-state index is 0.00432. The molecule has 0 saturated heterocycles. The Balaban J connectivity index is 2.04. The lowest BCUT2D eigenvalue weighted by molar-refractivity contribution is 0.416. The van der Waals surface area contributed by atoms with Crippen LogP contribution in [0.2, 0.25) is 0 Å². The van der Waals surface area contributed by atoms with E-state index in [1.807, 2.05) is 6.92 Å². The molecule has 0 spiro atoms. The number of para-hydroxylation sites is 1. The summed E-state index contributed by atoms with van der Waals surface area (Å²) in [6, 6.07) is 13.1. The zero-order chi connectivity index (χ0) is 19.6. The van der Waals surface area contributed by atoms with E-state index in [4.69, 9.17) is 4.74 Å². The van der Waals surface area contributed by atoms with E-state index in [-0.39, 0.29) is 16.3 Å². The molecule has 3 rings (SSSR count). The molecule has 0 unspecified atom stereocenters. The normalized spacial score (nSPS) is 11.8. The Labute approximate surface area is 156 Å². The second-order valence-corrected chi connectivity index (χ2v) is 7.63. The first kappa shape index (κ1) is 18.6. The van der Waals surface area contributed by atoms with Gasteiger partial charge in [0.1, 0.15) is 11.4 Å². The van der Waals surface area contributed by atoms with Crippen molar-refractivity contribution in [1.29, 1.82) is 0 Å². The maximum atomic E-state index is 12.7. The van der Waals surface area contributed by atoms with Gasteiger partial charge in [0.15, 0.2) is 5.69 Å². The lowest BCUT2D eigenvalue weighted by Crippen LogP contribution is -2.25. The molecule has 0 amide bonds. The third kappa shape index (κ3) is 3.54. The van der Waals surface area contributed by atoms with E-state index in [1.165, 1.54) is 19.2 Å². The molecule has 0 fully saturated rings. The van der Waals surface area contributed by atoms with Gasteiger partial charge in [0, 0.05) is 0 Å². The van der Waals surface area contributed by atoms with Gasteiger partial charge in [0.05, 0.1) is 17.7 Å².